The molecule has 1 aromatic rings. The van der Waals surface area contributed by atoms with Gasteiger partial charge in [0.2, 0.25) is 0 Å². The molecule has 0 fully saturated rings. The van der Waals surface area contributed by atoms with E-state index in [9.17, 15) is 9.18 Å². The zero-order chi connectivity index (χ0) is 12.3. The van der Waals surface area contributed by atoms with E-state index in [1.54, 1.807) is 19.9 Å². The number of carboxylic acid groups (broad SMARTS) is 1. The number of phenolic OH excluding ortho intramolecular Hbond substituents is 1. The van der Waals surface area contributed by atoms with Gasteiger partial charge in [-0.2, -0.15) is 0 Å². The summed E-state index contributed by atoms with van der Waals surface area (Å²) < 4.78 is 13.3. The molecular weight excluding hydrogens is 211 g/mol. The van der Waals surface area contributed by atoms with Crippen molar-refractivity contribution in [3.8, 4) is 5.75 Å². The summed E-state index contributed by atoms with van der Waals surface area (Å²) in [5.41, 5.74) is 0.948. The molecule has 0 saturated carbocycles. The lowest BCUT2D eigenvalue weighted by Crippen LogP contribution is -2.16. The lowest BCUT2D eigenvalue weighted by Gasteiger charge is -2.12. The van der Waals surface area contributed by atoms with Crippen LogP contribution in [0.3, 0.4) is 0 Å². The summed E-state index contributed by atoms with van der Waals surface area (Å²) in [5, 5.41) is 18.0. The summed E-state index contributed by atoms with van der Waals surface area (Å²) in [4.78, 5) is 10.9. The quantitative estimate of drug-likeness (QED) is 0.829. The first-order valence-corrected chi connectivity index (χ1v) is 5.17. The van der Waals surface area contributed by atoms with E-state index in [4.69, 9.17) is 10.2 Å². The predicted molar refractivity (Wildman–Crippen MR) is 57.9 cm³/mol. The molecule has 0 saturated heterocycles. The van der Waals surface area contributed by atoms with Gasteiger partial charge < -0.3 is 10.2 Å². The Bertz CT molecular complexity index is 401. The van der Waals surface area contributed by atoms with Crippen molar-refractivity contribution in [2.24, 2.45) is 5.92 Å². The van der Waals surface area contributed by atoms with Gasteiger partial charge in [-0.3, -0.25) is 4.79 Å². The monoisotopic (exact) mass is 226 g/mol. The van der Waals surface area contributed by atoms with Crippen molar-refractivity contribution >= 4 is 5.97 Å². The van der Waals surface area contributed by atoms with Crippen LogP contribution in [0, 0.1) is 18.7 Å². The average molecular weight is 226 g/mol. The number of phenols is 1. The third kappa shape index (κ3) is 2.51. The summed E-state index contributed by atoms with van der Waals surface area (Å²) in [6.07, 6.45) is 0.784. The van der Waals surface area contributed by atoms with Crippen molar-refractivity contribution in [1.82, 2.24) is 0 Å². The van der Waals surface area contributed by atoms with Crippen molar-refractivity contribution in [3.63, 3.8) is 0 Å². The molecule has 0 spiro atoms. The molecule has 0 aromatic heterocycles. The van der Waals surface area contributed by atoms with E-state index in [2.05, 4.69) is 0 Å². The number of hydrogen-bond donors (Lipinski definition) is 2. The first kappa shape index (κ1) is 12.5. The Kier molecular flexibility index (Phi) is 3.88. The zero-order valence-electron chi connectivity index (χ0n) is 9.33. The van der Waals surface area contributed by atoms with Gasteiger partial charge in [0.25, 0.3) is 0 Å². The normalized spacial score (nSPS) is 12.4. The Hall–Kier alpha value is -1.58. The number of aliphatic carboxylic acids is 1. The average Bonchev–Trinajstić information content (AvgIpc) is 2.25. The van der Waals surface area contributed by atoms with Crippen LogP contribution in [0.1, 0.15) is 24.5 Å². The Labute approximate surface area is 93.5 Å². The van der Waals surface area contributed by atoms with E-state index in [0.29, 0.717) is 17.5 Å². The van der Waals surface area contributed by atoms with E-state index < -0.39 is 23.5 Å². The Morgan fingerprint density at radius 2 is 2.12 bits per heavy atom. The summed E-state index contributed by atoms with van der Waals surface area (Å²) in [6.45, 7) is 3.32. The van der Waals surface area contributed by atoms with Crippen molar-refractivity contribution in [1.29, 1.82) is 0 Å². The topological polar surface area (TPSA) is 57.5 Å². The van der Waals surface area contributed by atoms with E-state index in [0.717, 1.165) is 0 Å². The fraction of sp³-hybridized carbons (Fsp3) is 0.417. The Morgan fingerprint density at radius 3 is 2.62 bits per heavy atom. The summed E-state index contributed by atoms with van der Waals surface area (Å²) in [6, 6.07) is 2.82. The molecule has 0 aliphatic carbocycles. The molecule has 3 nitrogen and oxygen atoms in total. The van der Waals surface area contributed by atoms with Crippen LogP contribution < -0.4 is 0 Å². The van der Waals surface area contributed by atoms with Crippen LogP contribution in [0.5, 0.6) is 5.75 Å². The first-order valence-electron chi connectivity index (χ1n) is 5.17. The maximum Gasteiger partial charge on any atom is 0.306 e. The molecule has 0 heterocycles. The van der Waals surface area contributed by atoms with Gasteiger partial charge in [-0.25, -0.2) is 4.39 Å². The van der Waals surface area contributed by atoms with Gasteiger partial charge in [0, 0.05) is 0 Å². The number of benzene rings is 1. The molecule has 1 unspecified atom stereocenters. The molecule has 1 rings (SSSR count). The highest BCUT2D eigenvalue weighted by molar-refractivity contribution is 5.70. The van der Waals surface area contributed by atoms with Gasteiger partial charge in [0.15, 0.2) is 11.6 Å². The number of carbonyl (C=O) groups is 1. The van der Waals surface area contributed by atoms with E-state index in [1.807, 2.05) is 0 Å². The third-order valence-corrected chi connectivity index (χ3v) is 2.79. The van der Waals surface area contributed by atoms with Crippen molar-refractivity contribution in [2.45, 2.75) is 26.7 Å². The second kappa shape index (κ2) is 4.96. The number of aromatic hydroxyl groups is 1. The number of hydrogen-bond acceptors (Lipinski definition) is 2. The molecular formula is C12H15FO3. The van der Waals surface area contributed by atoms with E-state index >= 15 is 0 Å². The van der Waals surface area contributed by atoms with Gasteiger partial charge in [-0.1, -0.05) is 13.0 Å². The number of carboxylic acids is 1. The summed E-state index contributed by atoms with van der Waals surface area (Å²) in [7, 11) is 0. The number of halogens is 1. The second-order valence-corrected chi connectivity index (χ2v) is 3.83. The van der Waals surface area contributed by atoms with Crippen LogP contribution in [-0.4, -0.2) is 16.2 Å². The highest BCUT2D eigenvalue weighted by Gasteiger charge is 2.18. The van der Waals surface area contributed by atoms with Crippen LogP contribution in [-0.2, 0) is 11.2 Å². The largest absolute Gasteiger partial charge is 0.505 e. The highest BCUT2D eigenvalue weighted by atomic mass is 19.1. The molecule has 1 aromatic carbocycles. The molecule has 1 atom stereocenters. The maximum absolute atomic E-state index is 13.3. The number of rotatable bonds is 4. The van der Waals surface area contributed by atoms with Crippen LogP contribution in [0.4, 0.5) is 4.39 Å². The second-order valence-electron chi connectivity index (χ2n) is 3.83. The minimum absolute atomic E-state index is 0.287. The predicted octanol–water partition coefficient (Wildman–Crippen LogP) is 2.49. The van der Waals surface area contributed by atoms with E-state index in [-0.39, 0.29) is 6.42 Å². The van der Waals surface area contributed by atoms with Crippen LogP contribution in [0.25, 0.3) is 0 Å². The Balaban J connectivity index is 2.97. The molecule has 4 heteroatoms. The lowest BCUT2D eigenvalue weighted by molar-refractivity contribution is -0.141. The SMILES string of the molecule is CCC(Cc1ccc(O)c(F)c1C)C(=O)O. The molecule has 0 bridgehead atoms. The molecule has 2 N–H and O–H groups in total. The maximum atomic E-state index is 13.3. The van der Waals surface area contributed by atoms with Crippen molar-refractivity contribution in [2.75, 3.05) is 0 Å². The molecule has 88 valence electrons. The summed E-state index contributed by atoms with van der Waals surface area (Å²) in [5.74, 6) is -2.46. The minimum Gasteiger partial charge on any atom is -0.505 e. The molecule has 0 radical (unpaired) electrons. The smallest absolute Gasteiger partial charge is 0.306 e. The van der Waals surface area contributed by atoms with Gasteiger partial charge in [0.1, 0.15) is 0 Å². The fourth-order valence-electron chi connectivity index (χ4n) is 1.60. The Morgan fingerprint density at radius 1 is 1.50 bits per heavy atom. The van der Waals surface area contributed by atoms with Gasteiger partial charge >= 0.3 is 5.97 Å². The van der Waals surface area contributed by atoms with Crippen LogP contribution in [0.15, 0.2) is 12.1 Å². The molecule has 16 heavy (non-hydrogen) atoms. The van der Waals surface area contributed by atoms with Crippen LogP contribution in [0.2, 0.25) is 0 Å². The summed E-state index contributed by atoms with van der Waals surface area (Å²) >= 11 is 0. The molecule has 0 amide bonds. The first-order chi connectivity index (χ1) is 7.47. The fourth-order valence-corrected chi connectivity index (χ4v) is 1.60. The van der Waals surface area contributed by atoms with Gasteiger partial charge in [-0.05, 0) is 37.0 Å². The van der Waals surface area contributed by atoms with Gasteiger partial charge in [0.05, 0.1) is 5.92 Å². The van der Waals surface area contributed by atoms with Crippen molar-refractivity contribution in [3.05, 3.63) is 29.1 Å². The van der Waals surface area contributed by atoms with Crippen LogP contribution >= 0.6 is 0 Å². The highest BCUT2D eigenvalue weighted by Crippen LogP contribution is 2.24. The molecule has 0 aliphatic rings. The lowest BCUT2D eigenvalue weighted by atomic mass is 9.94. The third-order valence-electron chi connectivity index (χ3n) is 2.79. The minimum atomic E-state index is -0.879. The standard InChI is InChI=1S/C12H15FO3/c1-3-8(12(15)16)6-9-4-5-10(14)11(13)7(9)2/h4-5,8,14H,3,6H2,1-2H3,(H,15,16). The molecule has 0 aliphatic heterocycles. The van der Waals surface area contributed by atoms with E-state index in [1.165, 1.54) is 6.07 Å². The zero-order valence-corrected chi connectivity index (χ0v) is 9.33. The van der Waals surface area contributed by atoms with Gasteiger partial charge in [-0.15, -0.1) is 0 Å². The van der Waals surface area contributed by atoms with Crippen molar-refractivity contribution < 1.29 is 19.4 Å².